The van der Waals surface area contributed by atoms with E-state index in [1.807, 2.05) is 42.5 Å². The van der Waals surface area contributed by atoms with E-state index in [1.54, 1.807) is 4.80 Å². The smallest absolute Gasteiger partial charge is 0.136 e. The van der Waals surface area contributed by atoms with Gasteiger partial charge in [-0.1, -0.05) is 127 Å². The van der Waals surface area contributed by atoms with Gasteiger partial charge in [-0.2, -0.15) is 4.80 Å². The van der Waals surface area contributed by atoms with Crippen LogP contribution in [0, 0.1) is 0 Å². The van der Waals surface area contributed by atoms with Crippen molar-refractivity contribution in [3.05, 3.63) is 164 Å². The minimum atomic E-state index is 0.875. The minimum absolute atomic E-state index is 0.875. The van der Waals surface area contributed by atoms with E-state index in [0.29, 0.717) is 0 Å². The van der Waals surface area contributed by atoms with E-state index >= 15 is 0 Å². The first-order valence-electron chi connectivity index (χ1n) is 16.2. The molecule has 2 aromatic heterocycles. The Kier molecular flexibility index (Phi) is 5.84. The molecule has 0 aliphatic heterocycles. The third kappa shape index (κ3) is 4.10. The van der Waals surface area contributed by atoms with Crippen molar-refractivity contribution >= 4 is 54.5 Å². The van der Waals surface area contributed by atoms with Gasteiger partial charge in [-0.25, -0.2) is 0 Å². The van der Waals surface area contributed by atoms with E-state index in [2.05, 4.69) is 121 Å². The number of benzene rings is 8. The molecule has 0 unspecified atom stereocenters. The zero-order chi connectivity index (χ0) is 31.6. The molecule has 0 saturated heterocycles. The fourth-order valence-electron chi connectivity index (χ4n) is 7.28. The lowest BCUT2D eigenvalue weighted by atomic mass is 9.87. The highest BCUT2D eigenvalue weighted by Gasteiger charge is 2.18. The molecule has 0 spiro atoms. The van der Waals surface area contributed by atoms with Crippen LogP contribution in [-0.4, -0.2) is 15.0 Å². The molecule has 4 heteroatoms. The molecule has 2 heterocycles. The van der Waals surface area contributed by atoms with Gasteiger partial charge in [0, 0.05) is 16.2 Å². The highest BCUT2D eigenvalue weighted by molar-refractivity contribution is 6.19. The largest absolute Gasteiger partial charge is 0.456 e. The van der Waals surface area contributed by atoms with Crippen molar-refractivity contribution in [1.29, 1.82) is 0 Å². The average Bonchev–Trinajstić information content (AvgIpc) is 3.77. The monoisotopic (exact) mass is 613 g/mol. The van der Waals surface area contributed by atoms with Crippen LogP contribution < -0.4 is 0 Å². The van der Waals surface area contributed by atoms with Crippen LogP contribution in [0.1, 0.15) is 0 Å². The van der Waals surface area contributed by atoms with E-state index in [-0.39, 0.29) is 0 Å². The molecule has 224 valence electrons. The molecule has 0 atom stereocenters. The normalized spacial score (nSPS) is 11.8. The van der Waals surface area contributed by atoms with Crippen LogP contribution in [0.2, 0.25) is 0 Å². The van der Waals surface area contributed by atoms with Gasteiger partial charge in [0.25, 0.3) is 0 Å². The van der Waals surface area contributed by atoms with Crippen LogP contribution >= 0.6 is 0 Å². The number of hydrogen-bond acceptors (Lipinski definition) is 3. The van der Waals surface area contributed by atoms with Gasteiger partial charge < -0.3 is 4.42 Å². The Hall–Kier alpha value is -6.52. The van der Waals surface area contributed by atoms with Crippen LogP contribution in [0.15, 0.2) is 168 Å². The summed E-state index contributed by atoms with van der Waals surface area (Å²) in [5.74, 6) is 0. The van der Waals surface area contributed by atoms with Gasteiger partial charge in [0.05, 0.1) is 5.69 Å². The number of nitrogens with zero attached hydrogens (tertiary/aromatic N) is 3. The molecule has 10 aromatic rings. The van der Waals surface area contributed by atoms with E-state index < -0.39 is 0 Å². The fraction of sp³-hybridized carbons (Fsp3) is 0. The summed E-state index contributed by atoms with van der Waals surface area (Å²) in [5.41, 5.74) is 11.5. The molecule has 0 fully saturated rings. The Balaban J connectivity index is 1.18. The summed E-state index contributed by atoms with van der Waals surface area (Å²) in [4.78, 5) is 1.74. The molecule has 0 N–H and O–H groups in total. The number of hydrogen-bond donors (Lipinski definition) is 0. The maximum Gasteiger partial charge on any atom is 0.136 e. The Morgan fingerprint density at radius 1 is 0.417 bits per heavy atom. The zero-order valence-electron chi connectivity index (χ0n) is 25.8. The topological polar surface area (TPSA) is 43.9 Å². The van der Waals surface area contributed by atoms with Crippen molar-refractivity contribution < 1.29 is 4.42 Å². The first kappa shape index (κ1) is 26.7. The number of aromatic nitrogens is 3. The molecule has 0 bridgehead atoms. The van der Waals surface area contributed by atoms with Crippen molar-refractivity contribution in [3.63, 3.8) is 0 Å². The number of fused-ring (bicyclic) bond motifs is 8. The van der Waals surface area contributed by atoms with Gasteiger partial charge in [0.1, 0.15) is 22.2 Å². The molecule has 4 nitrogen and oxygen atoms in total. The summed E-state index contributed by atoms with van der Waals surface area (Å²) in [6.45, 7) is 0. The number of para-hydroxylation sites is 2. The van der Waals surface area contributed by atoms with Crippen LogP contribution in [0.3, 0.4) is 0 Å². The maximum atomic E-state index is 6.28. The second kappa shape index (κ2) is 10.5. The molecule has 10 rings (SSSR count). The molecule has 0 radical (unpaired) electrons. The van der Waals surface area contributed by atoms with Crippen molar-refractivity contribution in [3.8, 4) is 39.1 Å². The minimum Gasteiger partial charge on any atom is -0.456 e. The molecule has 0 aliphatic carbocycles. The standard InChI is InChI=1S/C44H27N3O/c1-2-11-31(12-3-1)47-45-39-26-25-29-23-21-28-22-24-30(27-38(28)42(29)44(39)46-47)32-13-4-5-14-33(32)34-15-6-7-16-35(34)36-18-10-20-41-43(36)37-17-8-9-19-40(37)48-41/h1-27H. The first-order chi connectivity index (χ1) is 23.8. The molecule has 0 saturated carbocycles. The molecular formula is C44H27N3O. The van der Waals surface area contributed by atoms with E-state index in [1.165, 1.54) is 27.6 Å². The summed E-state index contributed by atoms with van der Waals surface area (Å²) in [5, 5.41) is 16.7. The lowest BCUT2D eigenvalue weighted by Gasteiger charge is -2.16. The third-order valence-corrected chi connectivity index (χ3v) is 9.49. The predicted octanol–water partition coefficient (Wildman–Crippen LogP) is 11.6. The molecule has 48 heavy (non-hydrogen) atoms. The summed E-state index contributed by atoms with van der Waals surface area (Å²) in [6.07, 6.45) is 0. The van der Waals surface area contributed by atoms with Crippen LogP contribution in [-0.2, 0) is 0 Å². The highest BCUT2D eigenvalue weighted by Crippen LogP contribution is 2.43. The quantitative estimate of drug-likeness (QED) is 0.186. The van der Waals surface area contributed by atoms with Crippen molar-refractivity contribution in [2.75, 3.05) is 0 Å². The van der Waals surface area contributed by atoms with Gasteiger partial charge >= 0.3 is 0 Å². The molecular weight excluding hydrogens is 587 g/mol. The Labute approximate surface area is 276 Å². The lowest BCUT2D eigenvalue weighted by Crippen LogP contribution is -1.97. The molecule has 0 amide bonds. The third-order valence-electron chi connectivity index (χ3n) is 9.49. The van der Waals surface area contributed by atoms with Crippen LogP contribution in [0.4, 0.5) is 0 Å². The van der Waals surface area contributed by atoms with Gasteiger partial charge in [-0.3, -0.25) is 0 Å². The highest BCUT2D eigenvalue weighted by atomic mass is 16.3. The van der Waals surface area contributed by atoms with E-state index in [9.17, 15) is 0 Å². The second-order valence-corrected chi connectivity index (χ2v) is 12.2. The maximum absolute atomic E-state index is 6.28. The van der Waals surface area contributed by atoms with Crippen LogP contribution in [0.25, 0.3) is 93.6 Å². The predicted molar refractivity (Wildman–Crippen MR) is 197 cm³/mol. The second-order valence-electron chi connectivity index (χ2n) is 12.2. The summed E-state index contributed by atoms with van der Waals surface area (Å²) >= 11 is 0. The Bertz CT molecular complexity index is 2840. The van der Waals surface area contributed by atoms with Gasteiger partial charge in [-0.05, 0) is 85.9 Å². The van der Waals surface area contributed by atoms with Crippen molar-refractivity contribution in [2.45, 2.75) is 0 Å². The summed E-state index contributed by atoms with van der Waals surface area (Å²) in [7, 11) is 0. The summed E-state index contributed by atoms with van der Waals surface area (Å²) in [6, 6.07) is 57.6. The number of rotatable bonds is 4. The SMILES string of the molecule is c1ccc(-n2nc3ccc4ccc5ccc(-c6ccccc6-c6ccccc6-c6cccc7oc8ccccc8c67)cc5c4c3n2)cc1. The van der Waals surface area contributed by atoms with Gasteiger partial charge in [0.2, 0.25) is 0 Å². The van der Waals surface area contributed by atoms with Crippen molar-refractivity contribution in [2.24, 2.45) is 0 Å². The van der Waals surface area contributed by atoms with E-state index in [4.69, 9.17) is 14.6 Å². The van der Waals surface area contributed by atoms with Crippen molar-refractivity contribution in [1.82, 2.24) is 15.0 Å². The summed E-state index contributed by atoms with van der Waals surface area (Å²) < 4.78 is 6.28. The fourth-order valence-corrected chi connectivity index (χ4v) is 7.28. The number of furan rings is 1. The lowest BCUT2D eigenvalue weighted by molar-refractivity contribution is 0.669. The molecule has 0 aliphatic rings. The van der Waals surface area contributed by atoms with Gasteiger partial charge in [-0.15, -0.1) is 10.2 Å². The Morgan fingerprint density at radius 3 is 1.90 bits per heavy atom. The zero-order valence-corrected chi connectivity index (χ0v) is 25.8. The average molecular weight is 614 g/mol. The Morgan fingerprint density at radius 2 is 1.04 bits per heavy atom. The molecule has 8 aromatic carbocycles. The van der Waals surface area contributed by atoms with Crippen LogP contribution in [0.5, 0.6) is 0 Å². The van der Waals surface area contributed by atoms with E-state index in [0.717, 1.165) is 65.9 Å². The first-order valence-corrected chi connectivity index (χ1v) is 16.2. The van der Waals surface area contributed by atoms with Gasteiger partial charge in [0.15, 0.2) is 0 Å².